The normalized spacial score (nSPS) is 26.0. The second kappa shape index (κ2) is 5.74. The molecule has 3 nitrogen and oxygen atoms in total. The van der Waals surface area contributed by atoms with Crippen molar-refractivity contribution >= 4 is 0 Å². The Morgan fingerprint density at radius 1 is 1.30 bits per heavy atom. The first-order valence-electron chi connectivity index (χ1n) is 7.75. The van der Waals surface area contributed by atoms with Crippen LogP contribution in [0.2, 0.25) is 0 Å². The van der Waals surface area contributed by atoms with Crippen LogP contribution in [-0.2, 0) is 4.74 Å². The average Bonchev–Trinajstić information content (AvgIpc) is 2.46. The zero-order valence-electron chi connectivity index (χ0n) is 12.5. The molecule has 2 atom stereocenters. The number of methoxy groups -OCH3 is 1. The third-order valence-electron chi connectivity index (χ3n) is 4.86. The first-order chi connectivity index (χ1) is 9.71. The van der Waals surface area contributed by atoms with Crippen molar-refractivity contribution < 1.29 is 9.47 Å². The Kier molecular flexibility index (Phi) is 3.99. The Balaban J connectivity index is 1.58. The smallest absolute Gasteiger partial charge is 0.118 e. The molecule has 1 aromatic rings. The summed E-state index contributed by atoms with van der Waals surface area (Å²) in [5.41, 5.74) is 1.54. The number of ether oxygens (including phenoxy) is 2. The van der Waals surface area contributed by atoms with Crippen LogP contribution in [-0.4, -0.2) is 25.4 Å². The van der Waals surface area contributed by atoms with E-state index in [2.05, 4.69) is 24.4 Å². The minimum Gasteiger partial charge on any atom is -0.497 e. The minimum absolute atomic E-state index is 0.218. The van der Waals surface area contributed by atoms with Gasteiger partial charge in [-0.15, -0.1) is 0 Å². The molecule has 1 N–H and O–H groups in total. The van der Waals surface area contributed by atoms with Crippen molar-refractivity contribution in [3.05, 3.63) is 29.8 Å². The van der Waals surface area contributed by atoms with Gasteiger partial charge in [-0.25, -0.2) is 0 Å². The van der Waals surface area contributed by atoms with Gasteiger partial charge in [0.1, 0.15) is 5.75 Å². The van der Waals surface area contributed by atoms with E-state index in [1.54, 1.807) is 7.11 Å². The van der Waals surface area contributed by atoms with Crippen molar-refractivity contribution in [3.8, 4) is 5.75 Å². The lowest BCUT2D eigenvalue weighted by Crippen LogP contribution is -2.51. The van der Waals surface area contributed by atoms with Gasteiger partial charge < -0.3 is 14.8 Å². The highest BCUT2D eigenvalue weighted by Crippen LogP contribution is 2.42. The Hall–Kier alpha value is -1.06. The molecule has 0 amide bonds. The summed E-state index contributed by atoms with van der Waals surface area (Å²) in [5, 5.41) is 3.78. The molecule has 110 valence electrons. The molecule has 1 aliphatic carbocycles. The maximum Gasteiger partial charge on any atom is 0.118 e. The fourth-order valence-corrected chi connectivity index (χ4v) is 3.43. The molecule has 1 heterocycles. The molecule has 1 aliphatic heterocycles. The number of hydrogen-bond acceptors (Lipinski definition) is 3. The van der Waals surface area contributed by atoms with Gasteiger partial charge in [0.15, 0.2) is 0 Å². The highest BCUT2D eigenvalue weighted by Gasteiger charge is 2.42. The molecule has 3 rings (SSSR count). The average molecular weight is 275 g/mol. The topological polar surface area (TPSA) is 30.5 Å². The molecule has 0 bridgehead atoms. The molecule has 2 aliphatic rings. The second-order valence-electron chi connectivity index (χ2n) is 6.24. The van der Waals surface area contributed by atoms with Crippen molar-refractivity contribution in [1.29, 1.82) is 0 Å². The molecule has 0 aromatic heterocycles. The van der Waals surface area contributed by atoms with Crippen molar-refractivity contribution in [2.24, 2.45) is 0 Å². The molecular weight excluding hydrogens is 250 g/mol. The standard InChI is InChI=1S/C17H25NO2/c1-13(14-4-6-16(19-2)7-5-14)18-15-8-11-20-17(12-15)9-3-10-17/h4-7,13,15,18H,3,8-12H2,1-2H3/t13-,15?/m0/s1. The molecule has 1 aromatic carbocycles. The Morgan fingerprint density at radius 2 is 2.05 bits per heavy atom. The molecular formula is C17H25NO2. The van der Waals surface area contributed by atoms with Gasteiger partial charge in [-0.1, -0.05) is 12.1 Å². The fourth-order valence-electron chi connectivity index (χ4n) is 3.43. The summed E-state index contributed by atoms with van der Waals surface area (Å²) in [6, 6.07) is 9.32. The summed E-state index contributed by atoms with van der Waals surface area (Å²) >= 11 is 0. The van der Waals surface area contributed by atoms with Gasteiger partial charge in [0.2, 0.25) is 0 Å². The SMILES string of the molecule is COc1ccc([C@H](C)NC2CCOC3(CCC3)C2)cc1. The maximum atomic E-state index is 5.99. The maximum absolute atomic E-state index is 5.99. The van der Waals surface area contributed by atoms with Crippen molar-refractivity contribution in [2.75, 3.05) is 13.7 Å². The third kappa shape index (κ3) is 2.84. The van der Waals surface area contributed by atoms with Gasteiger partial charge >= 0.3 is 0 Å². The van der Waals surface area contributed by atoms with Crippen LogP contribution in [0, 0.1) is 0 Å². The lowest BCUT2D eigenvalue weighted by molar-refractivity contribution is -0.136. The lowest BCUT2D eigenvalue weighted by Gasteiger charge is -2.47. The van der Waals surface area contributed by atoms with Gasteiger partial charge in [0.25, 0.3) is 0 Å². The number of hydrogen-bond donors (Lipinski definition) is 1. The van der Waals surface area contributed by atoms with E-state index < -0.39 is 0 Å². The Morgan fingerprint density at radius 3 is 2.65 bits per heavy atom. The van der Waals surface area contributed by atoms with E-state index in [9.17, 15) is 0 Å². The van der Waals surface area contributed by atoms with E-state index in [0.717, 1.165) is 18.8 Å². The highest BCUT2D eigenvalue weighted by atomic mass is 16.5. The molecule has 2 fully saturated rings. The summed E-state index contributed by atoms with van der Waals surface area (Å²) in [4.78, 5) is 0. The summed E-state index contributed by atoms with van der Waals surface area (Å²) in [6.07, 6.45) is 6.14. The summed E-state index contributed by atoms with van der Waals surface area (Å²) in [5.74, 6) is 0.917. The number of benzene rings is 1. The van der Waals surface area contributed by atoms with E-state index in [0.29, 0.717) is 12.1 Å². The highest BCUT2D eigenvalue weighted by molar-refractivity contribution is 5.28. The van der Waals surface area contributed by atoms with Crippen molar-refractivity contribution in [3.63, 3.8) is 0 Å². The van der Waals surface area contributed by atoms with Crippen LogP contribution in [0.15, 0.2) is 24.3 Å². The lowest BCUT2D eigenvalue weighted by atomic mass is 9.74. The van der Waals surface area contributed by atoms with E-state index in [-0.39, 0.29) is 5.60 Å². The van der Waals surface area contributed by atoms with Crippen molar-refractivity contribution in [2.45, 2.75) is 56.7 Å². The monoisotopic (exact) mass is 275 g/mol. The first kappa shape index (κ1) is 13.9. The quantitative estimate of drug-likeness (QED) is 0.913. The zero-order chi connectivity index (χ0) is 14.0. The van der Waals surface area contributed by atoms with E-state index >= 15 is 0 Å². The Labute approximate surface area is 121 Å². The largest absolute Gasteiger partial charge is 0.497 e. The van der Waals surface area contributed by atoms with Crippen LogP contribution in [0.4, 0.5) is 0 Å². The van der Waals surface area contributed by atoms with E-state index in [4.69, 9.17) is 9.47 Å². The molecule has 1 unspecified atom stereocenters. The second-order valence-corrected chi connectivity index (χ2v) is 6.24. The molecule has 1 spiro atoms. The van der Waals surface area contributed by atoms with Crippen LogP contribution in [0.5, 0.6) is 5.75 Å². The van der Waals surface area contributed by atoms with E-state index in [1.807, 2.05) is 12.1 Å². The van der Waals surface area contributed by atoms with Gasteiger partial charge in [-0.3, -0.25) is 0 Å². The summed E-state index contributed by atoms with van der Waals surface area (Å²) < 4.78 is 11.2. The zero-order valence-corrected chi connectivity index (χ0v) is 12.5. The number of nitrogens with one attached hydrogen (secondary N) is 1. The Bertz CT molecular complexity index is 439. The van der Waals surface area contributed by atoms with Crippen molar-refractivity contribution in [1.82, 2.24) is 5.32 Å². The predicted octanol–water partition coefficient (Wildman–Crippen LogP) is 3.45. The first-order valence-corrected chi connectivity index (χ1v) is 7.75. The van der Waals surface area contributed by atoms with Crippen LogP contribution in [0.1, 0.15) is 50.6 Å². The molecule has 1 saturated carbocycles. The molecule has 20 heavy (non-hydrogen) atoms. The van der Waals surface area contributed by atoms with Crippen LogP contribution >= 0.6 is 0 Å². The predicted molar refractivity (Wildman–Crippen MR) is 80.1 cm³/mol. The minimum atomic E-state index is 0.218. The van der Waals surface area contributed by atoms with E-state index in [1.165, 1.54) is 31.2 Å². The fraction of sp³-hybridized carbons (Fsp3) is 0.647. The van der Waals surface area contributed by atoms with Gasteiger partial charge in [0, 0.05) is 18.7 Å². The van der Waals surface area contributed by atoms with Crippen LogP contribution in [0.25, 0.3) is 0 Å². The van der Waals surface area contributed by atoms with Gasteiger partial charge in [0.05, 0.1) is 12.7 Å². The molecule has 3 heteroatoms. The van der Waals surface area contributed by atoms with Gasteiger partial charge in [-0.05, 0) is 56.7 Å². The summed E-state index contributed by atoms with van der Waals surface area (Å²) in [7, 11) is 1.71. The third-order valence-corrected chi connectivity index (χ3v) is 4.86. The molecule has 1 saturated heterocycles. The van der Waals surface area contributed by atoms with Crippen LogP contribution in [0.3, 0.4) is 0 Å². The van der Waals surface area contributed by atoms with Gasteiger partial charge in [-0.2, -0.15) is 0 Å². The molecule has 0 radical (unpaired) electrons. The summed E-state index contributed by atoms with van der Waals surface area (Å²) in [6.45, 7) is 3.15. The van der Waals surface area contributed by atoms with Crippen LogP contribution < -0.4 is 10.1 Å². The number of rotatable bonds is 4.